The molecule has 0 aliphatic carbocycles. The number of benzene rings is 3. The maximum atomic E-state index is 13.8. The average Bonchev–Trinajstić information content (AvgIpc) is 3.14. The largest absolute Gasteiger partial charge is 0.439 e. The first kappa shape index (κ1) is 20.6. The van der Waals surface area contributed by atoms with Crippen LogP contribution in [0, 0.1) is 6.92 Å². The maximum Gasteiger partial charge on any atom is 0.260 e. The van der Waals surface area contributed by atoms with Crippen LogP contribution in [0.5, 0.6) is 11.6 Å². The lowest BCUT2D eigenvalue weighted by molar-refractivity contribution is 0.0735. The molecule has 3 aromatic carbocycles. The molecule has 162 valence electrons. The summed E-state index contributed by atoms with van der Waals surface area (Å²) < 4.78 is 8.51. The van der Waals surface area contributed by atoms with Gasteiger partial charge in [-0.25, -0.2) is 0 Å². The van der Waals surface area contributed by atoms with Gasteiger partial charge in [0.1, 0.15) is 11.3 Å². The monoisotopic (exact) mass is 445 g/mol. The van der Waals surface area contributed by atoms with Crippen molar-refractivity contribution in [3.63, 3.8) is 0 Å². The van der Waals surface area contributed by atoms with Crippen molar-refractivity contribution in [1.82, 2.24) is 14.8 Å². The summed E-state index contributed by atoms with van der Waals surface area (Å²) in [4.78, 5) is 15.7. The van der Waals surface area contributed by atoms with Crippen LogP contribution < -0.4 is 10.1 Å². The molecule has 32 heavy (non-hydrogen) atoms. The Morgan fingerprint density at radius 3 is 2.44 bits per heavy atom. The van der Waals surface area contributed by atoms with Crippen LogP contribution >= 0.6 is 11.6 Å². The molecule has 1 fully saturated rings. The second-order valence-corrected chi connectivity index (χ2v) is 8.36. The summed E-state index contributed by atoms with van der Waals surface area (Å²) in [6.45, 7) is 4.88. The molecule has 0 radical (unpaired) electrons. The molecule has 0 saturated carbocycles. The Bertz CT molecular complexity index is 1280. The molecule has 6 heteroatoms. The number of hydrogen-bond acceptors (Lipinski definition) is 3. The molecular formula is C26H24ClN3O2. The lowest BCUT2D eigenvalue weighted by atomic mass is 10.1. The number of aromatic nitrogens is 1. The molecule has 5 nitrogen and oxygen atoms in total. The SMILES string of the molecule is Cc1ccccc1Oc1c(C(=O)N2CCNCC2)c2ccc(Cl)cc2n1-c1ccccc1. The van der Waals surface area contributed by atoms with Gasteiger partial charge in [0.15, 0.2) is 0 Å². The number of amides is 1. The highest BCUT2D eigenvalue weighted by Gasteiger charge is 2.29. The molecule has 5 rings (SSSR count). The number of nitrogens with one attached hydrogen (secondary N) is 1. The van der Waals surface area contributed by atoms with Crippen LogP contribution in [0.3, 0.4) is 0 Å². The molecule has 0 bridgehead atoms. The number of halogens is 1. The number of piperazine rings is 1. The zero-order chi connectivity index (χ0) is 22.1. The van der Waals surface area contributed by atoms with E-state index in [4.69, 9.17) is 16.3 Å². The minimum atomic E-state index is -0.0305. The predicted molar refractivity (Wildman–Crippen MR) is 128 cm³/mol. The zero-order valence-electron chi connectivity index (χ0n) is 17.8. The van der Waals surface area contributed by atoms with E-state index in [1.165, 1.54) is 0 Å². The van der Waals surface area contributed by atoms with E-state index in [9.17, 15) is 4.79 Å². The molecule has 1 saturated heterocycles. The van der Waals surface area contributed by atoms with Gasteiger partial charge in [0.2, 0.25) is 5.88 Å². The topological polar surface area (TPSA) is 46.5 Å². The Labute approximate surface area is 192 Å². The van der Waals surface area contributed by atoms with Gasteiger partial charge in [-0.05, 0) is 42.8 Å². The van der Waals surface area contributed by atoms with E-state index in [2.05, 4.69) is 5.32 Å². The average molecular weight is 446 g/mol. The van der Waals surface area contributed by atoms with E-state index >= 15 is 0 Å². The van der Waals surface area contributed by atoms with Crippen molar-refractivity contribution in [2.45, 2.75) is 6.92 Å². The van der Waals surface area contributed by atoms with Crippen molar-refractivity contribution in [3.05, 3.63) is 88.9 Å². The van der Waals surface area contributed by atoms with Crippen LogP contribution in [0.1, 0.15) is 15.9 Å². The van der Waals surface area contributed by atoms with Gasteiger partial charge in [-0.1, -0.05) is 54.1 Å². The minimum Gasteiger partial charge on any atom is -0.439 e. The third kappa shape index (κ3) is 3.74. The summed E-state index contributed by atoms with van der Waals surface area (Å²) in [5, 5.41) is 4.74. The Morgan fingerprint density at radius 1 is 0.969 bits per heavy atom. The van der Waals surface area contributed by atoms with E-state index in [0.717, 1.165) is 35.2 Å². The molecule has 0 unspecified atom stereocenters. The van der Waals surface area contributed by atoms with E-state index in [0.29, 0.717) is 35.3 Å². The number of nitrogens with zero attached hydrogens (tertiary/aromatic N) is 2. The summed E-state index contributed by atoms with van der Waals surface area (Å²) in [5.41, 5.74) is 3.30. The van der Waals surface area contributed by atoms with Gasteiger partial charge in [0.05, 0.1) is 5.52 Å². The van der Waals surface area contributed by atoms with Gasteiger partial charge >= 0.3 is 0 Å². The molecule has 0 atom stereocenters. The number of para-hydroxylation sites is 2. The van der Waals surface area contributed by atoms with Crippen molar-refractivity contribution in [1.29, 1.82) is 0 Å². The Hall–Kier alpha value is -3.28. The van der Waals surface area contributed by atoms with Crippen LogP contribution in [0.15, 0.2) is 72.8 Å². The van der Waals surface area contributed by atoms with Crippen molar-refractivity contribution in [2.24, 2.45) is 0 Å². The first-order chi connectivity index (χ1) is 15.6. The van der Waals surface area contributed by atoms with Crippen LogP contribution in [0.2, 0.25) is 5.02 Å². The second-order valence-electron chi connectivity index (χ2n) is 7.92. The second kappa shape index (κ2) is 8.69. The van der Waals surface area contributed by atoms with Gasteiger partial charge in [0.25, 0.3) is 5.91 Å². The van der Waals surface area contributed by atoms with Crippen LogP contribution in [0.25, 0.3) is 16.6 Å². The first-order valence-electron chi connectivity index (χ1n) is 10.8. The van der Waals surface area contributed by atoms with E-state index in [-0.39, 0.29) is 5.91 Å². The number of carbonyl (C=O) groups excluding carboxylic acids is 1. The quantitative estimate of drug-likeness (QED) is 0.455. The first-order valence-corrected chi connectivity index (χ1v) is 11.1. The van der Waals surface area contributed by atoms with Crippen molar-refractivity contribution in [2.75, 3.05) is 26.2 Å². The fourth-order valence-corrected chi connectivity index (χ4v) is 4.34. The molecule has 1 amide bonds. The van der Waals surface area contributed by atoms with E-state index in [1.54, 1.807) is 0 Å². The maximum absolute atomic E-state index is 13.8. The van der Waals surface area contributed by atoms with Gasteiger partial charge in [-0.2, -0.15) is 0 Å². The van der Waals surface area contributed by atoms with Crippen LogP contribution in [-0.4, -0.2) is 41.6 Å². The lowest BCUT2D eigenvalue weighted by Crippen LogP contribution is -2.46. The molecule has 1 N–H and O–H groups in total. The highest BCUT2D eigenvalue weighted by Crippen LogP contribution is 2.40. The summed E-state index contributed by atoms with van der Waals surface area (Å²) in [6.07, 6.45) is 0. The Balaban J connectivity index is 1.78. The van der Waals surface area contributed by atoms with Crippen LogP contribution in [0.4, 0.5) is 0 Å². The standard InChI is InChI=1S/C26H24ClN3O2/c1-18-7-5-6-10-23(18)32-26-24(25(31)29-15-13-28-14-16-29)21-12-11-19(27)17-22(21)30(26)20-8-3-2-4-9-20/h2-12,17,28H,13-16H2,1H3. The number of ether oxygens (including phenoxy) is 1. The van der Waals surface area contributed by atoms with Crippen molar-refractivity contribution < 1.29 is 9.53 Å². The van der Waals surface area contributed by atoms with E-state index < -0.39 is 0 Å². The number of hydrogen-bond donors (Lipinski definition) is 1. The number of rotatable bonds is 4. The molecular weight excluding hydrogens is 422 g/mol. The molecule has 1 aliphatic heterocycles. The smallest absolute Gasteiger partial charge is 0.260 e. The molecule has 0 spiro atoms. The zero-order valence-corrected chi connectivity index (χ0v) is 18.6. The summed E-state index contributed by atoms with van der Waals surface area (Å²) in [7, 11) is 0. The summed E-state index contributed by atoms with van der Waals surface area (Å²) >= 11 is 6.40. The van der Waals surface area contributed by atoms with E-state index in [1.807, 2.05) is 89.2 Å². The Kier molecular flexibility index (Phi) is 5.60. The molecule has 1 aliphatic rings. The predicted octanol–water partition coefficient (Wildman–Crippen LogP) is 5.43. The van der Waals surface area contributed by atoms with Gasteiger partial charge in [-0.3, -0.25) is 9.36 Å². The van der Waals surface area contributed by atoms with Crippen LogP contribution in [-0.2, 0) is 0 Å². The van der Waals surface area contributed by atoms with Gasteiger partial charge < -0.3 is 15.0 Å². The third-order valence-corrected chi connectivity index (χ3v) is 6.05. The number of fused-ring (bicyclic) bond motifs is 1. The lowest BCUT2D eigenvalue weighted by Gasteiger charge is -2.27. The Morgan fingerprint density at radius 2 is 1.69 bits per heavy atom. The molecule has 2 heterocycles. The fourth-order valence-electron chi connectivity index (χ4n) is 4.18. The number of aryl methyl sites for hydroxylation is 1. The summed E-state index contributed by atoms with van der Waals surface area (Å²) in [6, 6.07) is 23.4. The molecule has 1 aromatic heterocycles. The normalized spacial score (nSPS) is 14.0. The van der Waals surface area contributed by atoms with Crippen molar-refractivity contribution in [3.8, 4) is 17.3 Å². The third-order valence-electron chi connectivity index (χ3n) is 5.82. The minimum absolute atomic E-state index is 0.0305. The fraction of sp³-hybridized carbons (Fsp3) is 0.192. The highest BCUT2D eigenvalue weighted by atomic mass is 35.5. The van der Waals surface area contributed by atoms with Crippen molar-refractivity contribution >= 4 is 28.4 Å². The van der Waals surface area contributed by atoms with Gasteiger partial charge in [-0.15, -0.1) is 0 Å². The highest BCUT2D eigenvalue weighted by molar-refractivity contribution is 6.31. The van der Waals surface area contributed by atoms with Gasteiger partial charge in [0, 0.05) is 42.3 Å². The number of carbonyl (C=O) groups is 1. The molecule has 4 aromatic rings. The summed E-state index contributed by atoms with van der Waals surface area (Å²) in [5.74, 6) is 1.19.